The van der Waals surface area contributed by atoms with Gasteiger partial charge in [0.25, 0.3) is 0 Å². The first kappa shape index (κ1) is 18.2. The van der Waals surface area contributed by atoms with Crippen molar-refractivity contribution in [3.8, 4) is 5.75 Å². The van der Waals surface area contributed by atoms with Crippen LogP contribution in [0.25, 0.3) is 0 Å². The van der Waals surface area contributed by atoms with E-state index in [-0.39, 0.29) is 5.41 Å². The lowest BCUT2D eigenvalue weighted by molar-refractivity contribution is -0.137. The zero-order valence-electron chi connectivity index (χ0n) is 14.1. The third-order valence-electron chi connectivity index (χ3n) is 3.57. The van der Waals surface area contributed by atoms with Crippen LogP contribution in [0.1, 0.15) is 31.9 Å². The van der Waals surface area contributed by atoms with Crippen molar-refractivity contribution in [2.75, 3.05) is 18.5 Å². The van der Waals surface area contributed by atoms with Crippen molar-refractivity contribution >= 4 is 5.69 Å². The Kier molecular flexibility index (Phi) is 5.42. The summed E-state index contributed by atoms with van der Waals surface area (Å²) in [4.78, 5) is 0. The summed E-state index contributed by atoms with van der Waals surface area (Å²) in [6.07, 6.45) is -4.33. The SMILES string of the molecule is CC(C)(C)c1ccccc1OCCNc1cccc(C(F)(F)F)c1. The summed E-state index contributed by atoms with van der Waals surface area (Å²) in [6, 6.07) is 13.0. The molecule has 0 amide bonds. The molecule has 0 aliphatic rings. The second-order valence-corrected chi connectivity index (χ2v) is 6.60. The standard InChI is InChI=1S/C19H22F3NO/c1-18(2,3)16-9-4-5-10-17(16)24-12-11-23-15-8-6-7-14(13-15)19(20,21)22/h4-10,13,23H,11-12H2,1-3H3. The molecule has 0 bridgehead atoms. The number of alkyl halides is 3. The molecule has 2 aromatic rings. The molecule has 2 nitrogen and oxygen atoms in total. The fraction of sp³-hybridized carbons (Fsp3) is 0.368. The monoisotopic (exact) mass is 337 g/mol. The van der Waals surface area contributed by atoms with Gasteiger partial charge in [0.2, 0.25) is 0 Å². The largest absolute Gasteiger partial charge is 0.491 e. The zero-order chi connectivity index (χ0) is 17.8. The van der Waals surface area contributed by atoms with E-state index in [1.807, 2.05) is 24.3 Å². The number of anilines is 1. The van der Waals surface area contributed by atoms with Gasteiger partial charge in [-0.25, -0.2) is 0 Å². The molecule has 0 saturated heterocycles. The maximum Gasteiger partial charge on any atom is 0.416 e. The van der Waals surface area contributed by atoms with E-state index in [9.17, 15) is 13.2 Å². The molecule has 0 atom stereocenters. The summed E-state index contributed by atoms with van der Waals surface area (Å²) >= 11 is 0. The Morgan fingerprint density at radius 1 is 0.958 bits per heavy atom. The molecular formula is C19H22F3NO. The molecule has 0 fully saturated rings. The number of halogens is 3. The number of benzene rings is 2. The summed E-state index contributed by atoms with van der Waals surface area (Å²) in [5, 5.41) is 2.96. The Morgan fingerprint density at radius 2 is 1.67 bits per heavy atom. The number of hydrogen-bond donors (Lipinski definition) is 1. The van der Waals surface area contributed by atoms with E-state index < -0.39 is 11.7 Å². The van der Waals surface area contributed by atoms with E-state index in [1.54, 1.807) is 6.07 Å². The lowest BCUT2D eigenvalue weighted by Crippen LogP contribution is -2.16. The fourth-order valence-electron chi connectivity index (χ4n) is 2.37. The normalized spacial score (nSPS) is 12.1. The molecule has 24 heavy (non-hydrogen) atoms. The second-order valence-electron chi connectivity index (χ2n) is 6.60. The van der Waals surface area contributed by atoms with Gasteiger partial charge in [0.05, 0.1) is 5.56 Å². The maximum absolute atomic E-state index is 12.7. The maximum atomic E-state index is 12.7. The number of ether oxygens (including phenoxy) is 1. The summed E-state index contributed by atoms with van der Waals surface area (Å²) in [6.45, 7) is 7.10. The number of nitrogens with one attached hydrogen (secondary N) is 1. The van der Waals surface area contributed by atoms with Gasteiger partial charge in [-0.2, -0.15) is 13.2 Å². The minimum atomic E-state index is -4.33. The smallest absolute Gasteiger partial charge is 0.416 e. The molecule has 0 unspecified atom stereocenters. The molecule has 0 heterocycles. The van der Waals surface area contributed by atoms with Gasteiger partial charge in [-0.3, -0.25) is 0 Å². The predicted octanol–water partition coefficient (Wildman–Crippen LogP) is 5.49. The Balaban J connectivity index is 1.93. The van der Waals surface area contributed by atoms with Gasteiger partial charge in [-0.1, -0.05) is 45.0 Å². The molecule has 5 heteroatoms. The van der Waals surface area contributed by atoms with Gasteiger partial charge in [0.15, 0.2) is 0 Å². The van der Waals surface area contributed by atoms with Gasteiger partial charge in [0, 0.05) is 12.2 Å². The summed E-state index contributed by atoms with van der Waals surface area (Å²) in [7, 11) is 0. The second kappa shape index (κ2) is 7.16. The molecule has 2 rings (SSSR count). The first-order chi connectivity index (χ1) is 11.2. The molecule has 1 N–H and O–H groups in total. The molecule has 0 aromatic heterocycles. The Bertz CT molecular complexity index is 675. The topological polar surface area (TPSA) is 21.3 Å². The molecule has 130 valence electrons. The molecule has 0 saturated carbocycles. The Labute approximate surface area is 140 Å². The van der Waals surface area contributed by atoms with E-state index in [0.717, 1.165) is 23.4 Å². The van der Waals surface area contributed by atoms with E-state index in [1.165, 1.54) is 6.07 Å². The van der Waals surface area contributed by atoms with Crippen LogP contribution in [0.5, 0.6) is 5.75 Å². The van der Waals surface area contributed by atoms with Gasteiger partial charge < -0.3 is 10.1 Å². The zero-order valence-corrected chi connectivity index (χ0v) is 14.1. The van der Waals surface area contributed by atoms with Crippen molar-refractivity contribution in [3.05, 3.63) is 59.7 Å². The average Bonchev–Trinajstić information content (AvgIpc) is 2.50. The van der Waals surface area contributed by atoms with Crippen molar-refractivity contribution in [1.82, 2.24) is 0 Å². The van der Waals surface area contributed by atoms with Gasteiger partial charge in [-0.15, -0.1) is 0 Å². The highest BCUT2D eigenvalue weighted by molar-refractivity contribution is 5.46. The molecule has 2 aromatic carbocycles. The minimum absolute atomic E-state index is 0.0366. The number of para-hydroxylation sites is 1. The van der Waals surface area contributed by atoms with Crippen LogP contribution >= 0.6 is 0 Å². The van der Waals surface area contributed by atoms with Gasteiger partial charge >= 0.3 is 6.18 Å². The highest BCUT2D eigenvalue weighted by atomic mass is 19.4. The van der Waals surface area contributed by atoms with Crippen LogP contribution in [0, 0.1) is 0 Å². The molecule has 0 aliphatic carbocycles. The molecule has 0 spiro atoms. The van der Waals surface area contributed by atoms with Gasteiger partial charge in [-0.05, 0) is 35.2 Å². The number of rotatable bonds is 5. The predicted molar refractivity (Wildman–Crippen MR) is 90.6 cm³/mol. The fourth-order valence-corrected chi connectivity index (χ4v) is 2.37. The van der Waals surface area contributed by atoms with Crippen molar-refractivity contribution in [2.45, 2.75) is 32.4 Å². The molecule has 0 aliphatic heterocycles. The average molecular weight is 337 g/mol. The lowest BCUT2D eigenvalue weighted by atomic mass is 9.86. The van der Waals surface area contributed by atoms with E-state index in [4.69, 9.17) is 4.74 Å². The van der Waals surface area contributed by atoms with Crippen LogP contribution < -0.4 is 10.1 Å². The van der Waals surface area contributed by atoms with E-state index >= 15 is 0 Å². The quantitative estimate of drug-likeness (QED) is 0.728. The lowest BCUT2D eigenvalue weighted by Gasteiger charge is -2.22. The highest BCUT2D eigenvalue weighted by Gasteiger charge is 2.30. The third kappa shape index (κ3) is 4.91. The van der Waals surface area contributed by atoms with Gasteiger partial charge in [0.1, 0.15) is 12.4 Å². The van der Waals surface area contributed by atoms with E-state index in [2.05, 4.69) is 26.1 Å². The van der Waals surface area contributed by atoms with Crippen molar-refractivity contribution in [2.24, 2.45) is 0 Å². The Hall–Kier alpha value is -2.17. The summed E-state index contributed by atoms with van der Waals surface area (Å²) < 4.78 is 43.8. The summed E-state index contributed by atoms with van der Waals surface area (Å²) in [5.74, 6) is 0.802. The minimum Gasteiger partial charge on any atom is -0.491 e. The van der Waals surface area contributed by atoms with Crippen molar-refractivity contribution in [1.29, 1.82) is 0 Å². The first-order valence-electron chi connectivity index (χ1n) is 7.81. The van der Waals surface area contributed by atoms with Crippen LogP contribution in [0.4, 0.5) is 18.9 Å². The first-order valence-corrected chi connectivity index (χ1v) is 7.81. The van der Waals surface area contributed by atoms with Crippen molar-refractivity contribution < 1.29 is 17.9 Å². The van der Waals surface area contributed by atoms with Crippen LogP contribution in [-0.4, -0.2) is 13.2 Å². The highest BCUT2D eigenvalue weighted by Crippen LogP contribution is 2.31. The van der Waals surface area contributed by atoms with Crippen LogP contribution in [0.2, 0.25) is 0 Å². The number of hydrogen-bond acceptors (Lipinski definition) is 2. The van der Waals surface area contributed by atoms with Crippen molar-refractivity contribution in [3.63, 3.8) is 0 Å². The van der Waals surface area contributed by atoms with Crippen LogP contribution in [0.15, 0.2) is 48.5 Å². The van der Waals surface area contributed by atoms with E-state index in [0.29, 0.717) is 18.8 Å². The summed E-state index contributed by atoms with van der Waals surface area (Å²) in [5.41, 5.74) is 0.832. The van der Waals surface area contributed by atoms with Crippen LogP contribution in [0.3, 0.4) is 0 Å². The third-order valence-corrected chi connectivity index (χ3v) is 3.57. The Morgan fingerprint density at radius 3 is 2.33 bits per heavy atom. The van der Waals surface area contributed by atoms with Crippen LogP contribution in [-0.2, 0) is 11.6 Å². The molecule has 0 radical (unpaired) electrons. The molecular weight excluding hydrogens is 315 g/mol.